The topological polar surface area (TPSA) is 43.4 Å². The first-order valence-electron chi connectivity index (χ1n) is 7.59. The van der Waals surface area contributed by atoms with Crippen LogP contribution < -0.4 is 0 Å². The molecule has 2 aromatic rings. The summed E-state index contributed by atoms with van der Waals surface area (Å²) in [6.07, 6.45) is 0.930. The molecule has 0 radical (unpaired) electrons. The molecule has 0 amide bonds. The van der Waals surface area contributed by atoms with Crippen LogP contribution in [0.2, 0.25) is 0 Å². The van der Waals surface area contributed by atoms with Crippen LogP contribution in [0.4, 0.5) is 0 Å². The van der Waals surface area contributed by atoms with Crippen molar-refractivity contribution in [3.8, 4) is 0 Å². The minimum absolute atomic E-state index is 0.152. The maximum Gasteiger partial charge on any atom is 0.308 e. The fourth-order valence-electron chi connectivity index (χ4n) is 2.68. The molecule has 3 nitrogen and oxygen atoms in total. The zero-order chi connectivity index (χ0) is 16.1. The van der Waals surface area contributed by atoms with E-state index in [-0.39, 0.29) is 23.6 Å². The molecule has 0 aromatic heterocycles. The van der Waals surface area contributed by atoms with Gasteiger partial charge in [0.1, 0.15) is 5.78 Å². The summed E-state index contributed by atoms with van der Waals surface area (Å²) in [5, 5.41) is 2.31. The van der Waals surface area contributed by atoms with Gasteiger partial charge in [0.15, 0.2) is 0 Å². The van der Waals surface area contributed by atoms with Gasteiger partial charge in [0.2, 0.25) is 0 Å². The summed E-state index contributed by atoms with van der Waals surface area (Å²) in [4.78, 5) is 23.8. The molecule has 2 rings (SSSR count). The summed E-state index contributed by atoms with van der Waals surface area (Å²) in [7, 11) is 1.38. The molecular formula is C19H22O3. The van der Waals surface area contributed by atoms with Gasteiger partial charge in [-0.1, -0.05) is 56.3 Å². The number of carbonyl (C=O) groups excluding carboxylic acids is 2. The van der Waals surface area contributed by atoms with Gasteiger partial charge in [-0.25, -0.2) is 0 Å². The fourth-order valence-corrected chi connectivity index (χ4v) is 2.68. The summed E-state index contributed by atoms with van der Waals surface area (Å²) < 4.78 is 4.71. The van der Waals surface area contributed by atoms with Crippen molar-refractivity contribution in [3.63, 3.8) is 0 Å². The average molecular weight is 298 g/mol. The van der Waals surface area contributed by atoms with Gasteiger partial charge in [-0.05, 0) is 22.8 Å². The van der Waals surface area contributed by atoms with Gasteiger partial charge < -0.3 is 4.74 Å². The lowest BCUT2D eigenvalue weighted by Gasteiger charge is -2.15. The third kappa shape index (κ3) is 3.94. The number of hydrogen-bond donors (Lipinski definition) is 0. The van der Waals surface area contributed by atoms with Gasteiger partial charge in [-0.15, -0.1) is 0 Å². The highest BCUT2D eigenvalue weighted by atomic mass is 16.5. The summed E-state index contributed by atoms with van der Waals surface area (Å²) in [5.74, 6) is -0.502. The predicted molar refractivity (Wildman–Crippen MR) is 87.6 cm³/mol. The molecule has 0 saturated carbocycles. The molecule has 0 N–H and O–H groups in total. The van der Waals surface area contributed by atoms with E-state index in [1.54, 1.807) is 6.92 Å². The molecule has 0 aliphatic rings. The van der Waals surface area contributed by atoms with E-state index in [0.29, 0.717) is 12.8 Å². The Kier molecular flexibility index (Phi) is 5.31. The lowest BCUT2D eigenvalue weighted by molar-refractivity contribution is -0.145. The van der Waals surface area contributed by atoms with Gasteiger partial charge in [0.25, 0.3) is 0 Å². The van der Waals surface area contributed by atoms with E-state index < -0.39 is 0 Å². The Morgan fingerprint density at radius 1 is 1.00 bits per heavy atom. The summed E-state index contributed by atoms with van der Waals surface area (Å²) in [6, 6.07) is 14.2. The highest BCUT2D eigenvalue weighted by molar-refractivity contribution is 5.87. The van der Waals surface area contributed by atoms with Crippen LogP contribution in [-0.2, 0) is 20.7 Å². The number of hydrogen-bond acceptors (Lipinski definition) is 3. The van der Waals surface area contributed by atoms with Crippen molar-refractivity contribution < 1.29 is 14.3 Å². The molecule has 0 saturated heterocycles. The summed E-state index contributed by atoms with van der Waals surface area (Å²) in [6.45, 7) is 3.68. The number of esters is 1. The van der Waals surface area contributed by atoms with Gasteiger partial charge >= 0.3 is 5.97 Å². The Bertz CT molecular complexity index is 675. The Hall–Kier alpha value is -2.16. The Labute approximate surface area is 131 Å². The minimum Gasteiger partial charge on any atom is -0.469 e. The van der Waals surface area contributed by atoms with Gasteiger partial charge in [0, 0.05) is 12.3 Å². The first-order valence-corrected chi connectivity index (χ1v) is 7.59. The van der Waals surface area contributed by atoms with Gasteiger partial charge in [-0.2, -0.15) is 0 Å². The van der Waals surface area contributed by atoms with Crippen molar-refractivity contribution >= 4 is 22.5 Å². The summed E-state index contributed by atoms with van der Waals surface area (Å²) >= 11 is 0. The van der Waals surface area contributed by atoms with E-state index in [1.165, 1.54) is 12.5 Å². The second-order valence-corrected chi connectivity index (χ2v) is 5.89. The molecule has 0 unspecified atom stereocenters. The summed E-state index contributed by atoms with van der Waals surface area (Å²) in [5.41, 5.74) is 1.02. The van der Waals surface area contributed by atoms with Crippen LogP contribution in [0.25, 0.3) is 10.8 Å². The number of methoxy groups -OCH3 is 1. The monoisotopic (exact) mass is 298 g/mol. The third-order valence-electron chi connectivity index (χ3n) is 4.05. The number of ether oxygens (including phenoxy) is 1. The number of fused-ring (bicyclic) bond motifs is 1. The molecule has 0 heterocycles. The molecule has 2 atom stereocenters. The second-order valence-electron chi connectivity index (χ2n) is 5.89. The smallest absolute Gasteiger partial charge is 0.308 e. The van der Waals surface area contributed by atoms with Crippen LogP contribution in [-0.4, -0.2) is 18.9 Å². The molecular weight excluding hydrogens is 276 g/mol. The lowest BCUT2D eigenvalue weighted by Crippen LogP contribution is -2.21. The Balaban J connectivity index is 2.02. The molecule has 0 aliphatic heterocycles. The van der Waals surface area contributed by atoms with E-state index in [4.69, 9.17) is 4.74 Å². The van der Waals surface area contributed by atoms with Crippen molar-refractivity contribution in [1.82, 2.24) is 0 Å². The molecule has 0 aliphatic carbocycles. The van der Waals surface area contributed by atoms with Crippen LogP contribution in [0.15, 0.2) is 42.5 Å². The number of ketones is 1. The molecule has 0 bridgehead atoms. The highest BCUT2D eigenvalue weighted by Gasteiger charge is 2.21. The third-order valence-corrected chi connectivity index (χ3v) is 4.05. The normalized spacial score (nSPS) is 13.6. The molecule has 0 spiro atoms. The number of Topliss-reactive ketones (excluding diaryl/α,β-unsaturated/α-hetero) is 1. The Morgan fingerprint density at radius 3 is 2.36 bits per heavy atom. The highest BCUT2D eigenvalue weighted by Crippen LogP contribution is 2.19. The SMILES string of the molecule is COC(=O)[C@H](C)C[C@H](C)C(=O)Cc1ccc2ccccc2c1. The number of carbonyl (C=O) groups is 2. The van der Waals surface area contributed by atoms with Crippen molar-refractivity contribution in [3.05, 3.63) is 48.0 Å². The molecule has 0 fully saturated rings. The van der Waals surface area contributed by atoms with Crippen LogP contribution in [0.5, 0.6) is 0 Å². The second kappa shape index (κ2) is 7.21. The molecule has 2 aromatic carbocycles. The fraction of sp³-hybridized carbons (Fsp3) is 0.368. The van der Waals surface area contributed by atoms with E-state index >= 15 is 0 Å². The van der Waals surface area contributed by atoms with Crippen molar-refractivity contribution in [2.45, 2.75) is 26.7 Å². The zero-order valence-corrected chi connectivity index (χ0v) is 13.3. The van der Waals surface area contributed by atoms with E-state index in [2.05, 4.69) is 12.1 Å². The first-order chi connectivity index (χ1) is 10.5. The number of benzene rings is 2. The van der Waals surface area contributed by atoms with Crippen LogP contribution in [0.3, 0.4) is 0 Å². The van der Waals surface area contributed by atoms with Crippen molar-refractivity contribution in [2.24, 2.45) is 11.8 Å². The Morgan fingerprint density at radius 2 is 1.68 bits per heavy atom. The maximum atomic E-state index is 12.3. The van der Waals surface area contributed by atoms with Crippen LogP contribution >= 0.6 is 0 Å². The largest absolute Gasteiger partial charge is 0.469 e. The lowest BCUT2D eigenvalue weighted by atomic mass is 9.90. The van der Waals surface area contributed by atoms with E-state index in [1.807, 2.05) is 37.3 Å². The van der Waals surface area contributed by atoms with Gasteiger partial charge in [0.05, 0.1) is 13.0 Å². The van der Waals surface area contributed by atoms with Crippen molar-refractivity contribution in [1.29, 1.82) is 0 Å². The van der Waals surface area contributed by atoms with Gasteiger partial charge in [-0.3, -0.25) is 9.59 Å². The first kappa shape index (κ1) is 16.2. The van der Waals surface area contributed by atoms with Crippen LogP contribution in [0.1, 0.15) is 25.8 Å². The maximum absolute atomic E-state index is 12.3. The predicted octanol–water partition coefficient (Wildman–Crippen LogP) is 3.79. The quantitative estimate of drug-likeness (QED) is 0.762. The average Bonchev–Trinajstić information content (AvgIpc) is 2.53. The van der Waals surface area contributed by atoms with E-state index in [0.717, 1.165) is 10.9 Å². The van der Waals surface area contributed by atoms with Crippen LogP contribution in [0, 0.1) is 11.8 Å². The molecule has 3 heteroatoms. The number of rotatable bonds is 6. The van der Waals surface area contributed by atoms with Crippen molar-refractivity contribution in [2.75, 3.05) is 7.11 Å². The standard InChI is InChI=1S/C19H22O3/c1-13(10-14(2)19(21)22-3)18(20)12-15-8-9-16-6-4-5-7-17(16)11-15/h4-9,11,13-14H,10,12H2,1-3H3/t13-,14+/m0/s1. The molecule has 116 valence electrons. The van der Waals surface area contributed by atoms with E-state index in [9.17, 15) is 9.59 Å². The zero-order valence-electron chi connectivity index (χ0n) is 13.3. The molecule has 22 heavy (non-hydrogen) atoms. The minimum atomic E-state index is -0.259.